The first-order valence-electron chi connectivity index (χ1n) is 6.05. The van der Waals surface area contributed by atoms with Crippen LogP contribution in [-0.4, -0.2) is 20.8 Å². The first kappa shape index (κ1) is 13.1. The number of nitrogens with zero attached hydrogens (tertiary/aromatic N) is 3. The minimum absolute atomic E-state index is 0.157. The Balaban J connectivity index is 1.96. The summed E-state index contributed by atoms with van der Waals surface area (Å²) in [6, 6.07) is 6.98. The molecule has 2 N–H and O–H groups in total. The number of aryl methyl sites for hydroxylation is 2. The average Bonchev–Trinajstić information content (AvgIpc) is 2.68. The standard InChI is InChI=1S/C13H17N5O/c1-9-8-12(18(3)17-9)16-13(19)15-10(2)11-6-4-5-7-14-11/h4-8,10H,1-3H3,(H2,15,16,19)/t10-/m0/s1. The maximum atomic E-state index is 11.9. The van der Waals surface area contributed by atoms with E-state index < -0.39 is 0 Å². The van der Waals surface area contributed by atoms with Crippen molar-refractivity contribution in [2.75, 3.05) is 5.32 Å². The molecule has 0 unspecified atom stereocenters. The van der Waals surface area contributed by atoms with Gasteiger partial charge in [-0.2, -0.15) is 5.10 Å². The molecule has 100 valence electrons. The molecule has 0 aliphatic rings. The molecule has 0 aromatic carbocycles. The Kier molecular flexibility index (Phi) is 3.79. The van der Waals surface area contributed by atoms with E-state index in [2.05, 4.69) is 20.7 Å². The van der Waals surface area contributed by atoms with Gasteiger partial charge in [-0.25, -0.2) is 4.79 Å². The lowest BCUT2D eigenvalue weighted by Crippen LogP contribution is -2.32. The van der Waals surface area contributed by atoms with Gasteiger partial charge >= 0.3 is 6.03 Å². The van der Waals surface area contributed by atoms with E-state index in [0.717, 1.165) is 11.4 Å². The molecule has 2 amide bonds. The topological polar surface area (TPSA) is 71.8 Å². The lowest BCUT2D eigenvalue weighted by Gasteiger charge is -2.13. The number of hydrogen-bond donors (Lipinski definition) is 2. The third-order valence-electron chi connectivity index (χ3n) is 2.72. The van der Waals surface area contributed by atoms with Crippen LogP contribution in [0.4, 0.5) is 10.6 Å². The van der Waals surface area contributed by atoms with Crippen molar-refractivity contribution in [3.05, 3.63) is 41.9 Å². The van der Waals surface area contributed by atoms with Gasteiger partial charge in [-0.3, -0.25) is 15.0 Å². The second-order valence-corrected chi connectivity index (χ2v) is 4.37. The van der Waals surface area contributed by atoms with Gasteiger partial charge in [0.1, 0.15) is 5.82 Å². The molecule has 19 heavy (non-hydrogen) atoms. The number of aromatic nitrogens is 3. The molecular weight excluding hydrogens is 242 g/mol. The number of carbonyl (C=O) groups excluding carboxylic acids is 1. The van der Waals surface area contributed by atoms with E-state index in [1.54, 1.807) is 17.9 Å². The highest BCUT2D eigenvalue weighted by molar-refractivity contribution is 5.88. The summed E-state index contributed by atoms with van der Waals surface area (Å²) >= 11 is 0. The van der Waals surface area contributed by atoms with Crippen LogP contribution in [0.1, 0.15) is 24.4 Å². The number of urea groups is 1. The molecular formula is C13H17N5O. The molecule has 0 saturated carbocycles. The molecule has 0 aliphatic carbocycles. The Morgan fingerprint density at radius 2 is 2.21 bits per heavy atom. The minimum atomic E-state index is -0.277. The van der Waals surface area contributed by atoms with Crippen LogP contribution < -0.4 is 10.6 Å². The summed E-state index contributed by atoms with van der Waals surface area (Å²) in [5.74, 6) is 0.656. The monoisotopic (exact) mass is 259 g/mol. The summed E-state index contributed by atoms with van der Waals surface area (Å²) in [5.41, 5.74) is 1.68. The lowest BCUT2D eigenvalue weighted by molar-refractivity contribution is 0.249. The van der Waals surface area contributed by atoms with Gasteiger partial charge in [-0.1, -0.05) is 6.07 Å². The summed E-state index contributed by atoms with van der Waals surface area (Å²) in [4.78, 5) is 16.1. The number of amides is 2. The largest absolute Gasteiger partial charge is 0.330 e. The molecule has 0 radical (unpaired) electrons. The maximum absolute atomic E-state index is 11.9. The summed E-state index contributed by atoms with van der Waals surface area (Å²) in [7, 11) is 1.78. The number of carbonyl (C=O) groups is 1. The zero-order chi connectivity index (χ0) is 13.8. The molecule has 2 aromatic rings. The van der Waals surface area contributed by atoms with E-state index in [9.17, 15) is 4.79 Å². The maximum Gasteiger partial charge on any atom is 0.320 e. The molecule has 0 saturated heterocycles. The Bertz CT molecular complexity index is 564. The highest BCUT2D eigenvalue weighted by atomic mass is 16.2. The second kappa shape index (κ2) is 5.51. The molecule has 0 bridgehead atoms. The third kappa shape index (κ3) is 3.31. The number of anilines is 1. The molecule has 1 atom stereocenters. The van der Waals surface area contributed by atoms with Crippen molar-refractivity contribution in [1.82, 2.24) is 20.1 Å². The quantitative estimate of drug-likeness (QED) is 0.885. The van der Waals surface area contributed by atoms with Crippen LogP contribution in [0.3, 0.4) is 0 Å². The van der Waals surface area contributed by atoms with E-state index in [-0.39, 0.29) is 12.1 Å². The van der Waals surface area contributed by atoms with Crippen LogP contribution in [0.15, 0.2) is 30.5 Å². The van der Waals surface area contributed by atoms with Crippen molar-refractivity contribution < 1.29 is 4.79 Å². The van der Waals surface area contributed by atoms with Gasteiger partial charge in [-0.15, -0.1) is 0 Å². The fraction of sp³-hybridized carbons (Fsp3) is 0.308. The van der Waals surface area contributed by atoms with Gasteiger partial charge in [0.2, 0.25) is 0 Å². The zero-order valence-corrected chi connectivity index (χ0v) is 11.2. The summed E-state index contributed by atoms with van der Waals surface area (Å²) < 4.78 is 1.63. The van der Waals surface area contributed by atoms with E-state index in [1.165, 1.54) is 0 Å². The van der Waals surface area contributed by atoms with Gasteiger partial charge in [-0.05, 0) is 26.0 Å². The predicted molar refractivity (Wildman–Crippen MR) is 72.8 cm³/mol. The van der Waals surface area contributed by atoms with Gasteiger partial charge in [0, 0.05) is 19.3 Å². The molecule has 2 aromatic heterocycles. The fourth-order valence-corrected chi connectivity index (χ4v) is 1.78. The van der Waals surface area contributed by atoms with Crippen molar-refractivity contribution in [2.24, 2.45) is 7.05 Å². The number of pyridine rings is 1. The van der Waals surface area contributed by atoms with Crippen LogP contribution in [0.5, 0.6) is 0 Å². The molecule has 2 rings (SSSR count). The smallest absolute Gasteiger partial charge is 0.320 e. The Morgan fingerprint density at radius 3 is 2.79 bits per heavy atom. The first-order valence-corrected chi connectivity index (χ1v) is 6.05. The number of rotatable bonds is 3. The lowest BCUT2D eigenvalue weighted by atomic mass is 10.2. The third-order valence-corrected chi connectivity index (χ3v) is 2.72. The van der Waals surface area contributed by atoms with E-state index >= 15 is 0 Å². The highest BCUT2D eigenvalue weighted by Crippen LogP contribution is 2.10. The number of nitrogens with one attached hydrogen (secondary N) is 2. The molecule has 0 fully saturated rings. The van der Waals surface area contributed by atoms with Crippen molar-refractivity contribution in [1.29, 1.82) is 0 Å². The van der Waals surface area contributed by atoms with E-state index in [4.69, 9.17) is 0 Å². The van der Waals surface area contributed by atoms with Gasteiger partial charge in [0.05, 0.1) is 17.4 Å². The van der Waals surface area contributed by atoms with Gasteiger partial charge in [0.15, 0.2) is 0 Å². The fourth-order valence-electron chi connectivity index (χ4n) is 1.78. The molecule has 2 heterocycles. The van der Waals surface area contributed by atoms with Crippen LogP contribution in [0.25, 0.3) is 0 Å². The molecule has 0 spiro atoms. The number of hydrogen-bond acceptors (Lipinski definition) is 3. The summed E-state index contributed by atoms with van der Waals surface area (Å²) in [5, 5.41) is 9.75. The highest BCUT2D eigenvalue weighted by Gasteiger charge is 2.11. The van der Waals surface area contributed by atoms with Crippen LogP contribution in [0.2, 0.25) is 0 Å². The van der Waals surface area contributed by atoms with Crippen molar-refractivity contribution in [3.63, 3.8) is 0 Å². The Morgan fingerprint density at radius 1 is 1.42 bits per heavy atom. The van der Waals surface area contributed by atoms with Gasteiger partial charge < -0.3 is 5.32 Å². The van der Waals surface area contributed by atoms with Gasteiger partial charge in [0.25, 0.3) is 0 Å². The van der Waals surface area contributed by atoms with Crippen LogP contribution >= 0.6 is 0 Å². The van der Waals surface area contributed by atoms with Crippen molar-refractivity contribution in [3.8, 4) is 0 Å². The Hall–Kier alpha value is -2.37. The Labute approximate surface area is 111 Å². The second-order valence-electron chi connectivity index (χ2n) is 4.37. The zero-order valence-electron chi connectivity index (χ0n) is 11.2. The molecule has 6 heteroatoms. The predicted octanol–water partition coefficient (Wildman–Crippen LogP) is 2.01. The minimum Gasteiger partial charge on any atom is -0.330 e. The van der Waals surface area contributed by atoms with Crippen LogP contribution in [0, 0.1) is 6.92 Å². The first-order chi connectivity index (χ1) is 9.06. The van der Waals surface area contributed by atoms with Crippen molar-refractivity contribution in [2.45, 2.75) is 19.9 Å². The molecule has 6 nitrogen and oxygen atoms in total. The van der Waals surface area contributed by atoms with E-state index in [0.29, 0.717) is 5.82 Å². The van der Waals surface area contributed by atoms with Crippen molar-refractivity contribution >= 4 is 11.8 Å². The summed E-state index contributed by atoms with van der Waals surface area (Å²) in [6.07, 6.45) is 1.70. The summed E-state index contributed by atoms with van der Waals surface area (Å²) in [6.45, 7) is 3.76. The average molecular weight is 259 g/mol. The molecule has 0 aliphatic heterocycles. The van der Waals surface area contributed by atoms with E-state index in [1.807, 2.05) is 38.1 Å². The SMILES string of the molecule is Cc1cc(NC(=O)N[C@@H](C)c2ccccn2)n(C)n1. The van der Waals surface area contributed by atoms with Crippen LogP contribution in [-0.2, 0) is 7.05 Å². The normalized spacial score (nSPS) is 11.9.